The normalized spacial score (nSPS) is 11.3. The fraction of sp³-hybridized carbons (Fsp3) is 0.417. The molecule has 0 aliphatic carbocycles. The number of aryl methyl sites for hydroxylation is 1. The molecule has 0 amide bonds. The topological polar surface area (TPSA) is 26.3 Å². The summed E-state index contributed by atoms with van der Waals surface area (Å²) < 4.78 is 18.1. The number of esters is 1. The third-order valence-electron chi connectivity index (χ3n) is 1.68. The van der Waals surface area contributed by atoms with Gasteiger partial charge in [0.15, 0.2) is 0 Å². The Labute approximate surface area is 89.1 Å². The van der Waals surface area contributed by atoms with Crippen LogP contribution in [0.15, 0.2) is 18.2 Å². The molecule has 1 rings (SSSR count). The average Bonchev–Trinajstić information content (AvgIpc) is 1.98. The standard InChI is InChI=1S/C12H15FO2/c1-8-5-9(7-10(13)6-8)11(14)15-12(2,3)4/h5-7H,1-4H3. The molecule has 0 fully saturated rings. The lowest BCUT2D eigenvalue weighted by molar-refractivity contribution is 0.00689. The second-order valence-electron chi connectivity index (χ2n) is 4.52. The predicted octanol–water partition coefficient (Wildman–Crippen LogP) is 3.09. The Balaban J connectivity index is 2.92. The lowest BCUT2D eigenvalue weighted by atomic mass is 10.1. The third kappa shape index (κ3) is 3.70. The highest BCUT2D eigenvalue weighted by Crippen LogP contribution is 2.14. The summed E-state index contributed by atoms with van der Waals surface area (Å²) in [6.07, 6.45) is 0. The summed E-state index contributed by atoms with van der Waals surface area (Å²) in [7, 11) is 0. The van der Waals surface area contributed by atoms with Gasteiger partial charge in [-0.25, -0.2) is 9.18 Å². The number of carbonyl (C=O) groups excluding carboxylic acids is 1. The number of carbonyl (C=O) groups is 1. The second kappa shape index (κ2) is 4.01. The molecule has 1 aromatic carbocycles. The third-order valence-corrected chi connectivity index (χ3v) is 1.68. The molecular weight excluding hydrogens is 195 g/mol. The second-order valence-corrected chi connectivity index (χ2v) is 4.52. The minimum Gasteiger partial charge on any atom is -0.456 e. The first-order valence-electron chi connectivity index (χ1n) is 4.78. The van der Waals surface area contributed by atoms with Crippen molar-refractivity contribution in [2.75, 3.05) is 0 Å². The molecule has 2 nitrogen and oxygen atoms in total. The Morgan fingerprint density at radius 3 is 2.33 bits per heavy atom. The Morgan fingerprint density at radius 1 is 1.27 bits per heavy atom. The molecule has 0 aromatic heterocycles. The van der Waals surface area contributed by atoms with E-state index in [1.165, 1.54) is 12.1 Å². The molecule has 3 heteroatoms. The summed E-state index contributed by atoms with van der Waals surface area (Å²) in [5, 5.41) is 0. The highest BCUT2D eigenvalue weighted by atomic mass is 19.1. The van der Waals surface area contributed by atoms with Gasteiger partial charge >= 0.3 is 5.97 Å². The minimum atomic E-state index is -0.558. The van der Waals surface area contributed by atoms with Crippen molar-refractivity contribution >= 4 is 5.97 Å². The Kier molecular flexibility index (Phi) is 3.12. The predicted molar refractivity (Wildman–Crippen MR) is 56.3 cm³/mol. The maximum atomic E-state index is 13.0. The van der Waals surface area contributed by atoms with Crippen molar-refractivity contribution in [2.24, 2.45) is 0 Å². The van der Waals surface area contributed by atoms with Crippen LogP contribution in [0.25, 0.3) is 0 Å². The van der Waals surface area contributed by atoms with Gasteiger partial charge in [-0.05, 0) is 51.5 Å². The molecule has 0 N–H and O–H groups in total. The van der Waals surface area contributed by atoms with Crippen molar-refractivity contribution in [3.8, 4) is 0 Å². The van der Waals surface area contributed by atoms with Crippen LogP contribution in [0.1, 0.15) is 36.7 Å². The summed E-state index contributed by atoms with van der Waals surface area (Å²) in [6.45, 7) is 7.06. The van der Waals surface area contributed by atoms with Gasteiger partial charge in [0.1, 0.15) is 11.4 Å². The van der Waals surface area contributed by atoms with E-state index in [2.05, 4.69) is 0 Å². The van der Waals surface area contributed by atoms with E-state index in [9.17, 15) is 9.18 Å². The van der Waals surface area contributed by atoms with Crippen molar-refractivity contribution in [2.45, 2.75) is 33.3 Å². The van der Waals surface area contributed by atoms with Gasteiger partial charge < -0.3 is 4.74 Å². The number of hydrogen-bond donors (Lipinski definition) is 0. The zero-order chi connectivity index (χ0) is 11.6. The van der Waals surface area contributed by atoms with Crippen molar-refractivity contribution in [1.82, 2.24) is 0 Å². The van der Waals surface area contributed by atoms with E-state index >= 15 is 0 Å². The number of halogens is 1. The maximum Gasteiger partial charge on any atom is 0.338 e. The first-order chi connectivity index (χ1) is 6.78. The van der Waals surface area contributed by atoms with Crippen LogP contribution >= 0.6 is 0 Å². The van der Waals surface area contributed by atoms with E-state index in [0.29, 0.717) is 5.56 Å². The van der Waals surface area contributed by atoms with E-state index < -0.39 is 17.4 Å². The molecule has 0 unspecified atom stereocenters. The number of benzene rings is 1. The van der Waals surface area contributed by atoms with Gasteiger partial charge in [0.2, 0.25) is 0 Å². The fourth-order valence-corrected chi connectivity index (χ4v) is 1.19. The van der Waals surface area contributed by atoms with Gasteiger partial charge in [-0.15, -0.1) is 0 Å². The first kappa shape index (κ1) is 11.7. The van der Waals surface area contributed by atoms with E-state index in [1.54, 1.807) is 33.8 Å². The van der Waals surface area contributed by atoms with Crippen LogP contribution in [0.5, 0.6) is 0 Å². The molecule has 82 valence electrons. The number of hydrogen-bond acceptors (Lipinski definition) is 2. The van der Waals surface area contributed by atoms with Gasteiger partial charge in [-0.3, -0.25) is 0 Å². The number of ether oxygens (including phenoxy) is 1. The lowest BCUT2D eigenvalue weighted by Gasteiger charge is -2.19. The zero-order valence-corrected chi connectivity index (χ0v) is 9.43. The molecule has 15 heavy (non-hydrogen) atoms. The van der Waals surface area contributed by atoms with Gasteiger partial charge in [0.25, 0.3) is 0 Å². The van der Waals surface area contributed by atoms with Gasteiger partial charge in [0.05, 0.1) is 5.56 Å². The molecule has 0 spiro atoms. The van der Waals surface area contributed by atoms with Crippen molar-refractivity contribution in [3.05, 3.63) is 35.1 Å². The smallest absolute Gasteiger partial charge is 0.338 e. The Morgan fingerprint density at radius 2 is 1.87 bits per heavy atom. The molecule has 0 bridgehead atoms. The SMILES string of the molecule is Cc1cc(F)cc(C(=O)OC(C)(C)C)c1. The van der Waals surface area contributed by atoms with Crippen LogP contribution < -0.4 is 0 Å². The molecule has 0 radical (unpaired) electrons. The summed E-state index contributed by atoms with van der Waals surface area (Å²) in [4.78, 5) is 11.6. The van der Waals surface area contributed by atoms with Crippen molar-refractivity contribution in [1.29, 1.82) is 0 Å². The molecule has 0 saturated carbocycles. The van der Waals surface area contributed by atoms with Crippen LogP contribution in [-0.4, -0.2) is 11.6 Å². The van der Waals surface area contributed by atoms with Gasteiger partial charge in [0, 0.05) is 0 Å². The lowest BCUT2D eigenvalue weighted by Crippen LogP contribution is -2.24. The van der Waals surface area contributed by atoms with E-state index in [0.717, 1.165) is 0 Å². The molecule has 0 aliphatic heterocycles. The van der Waals surface area contributed by atoms with Crippen molar-refractivity contribution in [3.63, 3.8) is 0 Å². The largest absolute Gasteiger partial charge is 0.456 e. The van der Waals surface area contributed by atoms with Crippen LogP contribution in [0.4, 0.5) is 4.39 Å². The minimum absolute atomic E-state index is 0.252. The molecule has 0 aliphatic rings. The molecule has 0 heterocycles. The summed E-state index contributed by atoms with van der Waals surface area (Å²) >= 11 is 0. The zero-order valence-electron chi connectivity index (χ0n) is 9.43. The van der Waals surface area contributed by atoms with E-state index in [1.807, 2.05) is 0 Å². The fourth-order valence-electron chi connectivity index (χ4n) is 1.19. The summed E-state index contributed by atoms with van der Waals surface area (Å²) in [6, 6.07) is 4.16. The van der Waals surface area contributed by atoms with E-state index in [4.69, 9.17) is 4.74 Å². The number of rotatable bonds is 1. The van der Waals surface area contributed by atoms with Crippen LogP contribution in [0.3, 0.4) is 0 Å². The first-order valence-corrected chi connectivity index (χ1v) is 4.78. The Hall–Kier alpha value is -1.38. The Bertz CT molecular complexity index is 357. The van der Waals surface area contributed by atoms with Crippen LogP contribution in [0, 0.1) is 12.7 Å². The highest BCUT2D eigenvalue weighted by Gasteiger charge is 2.18. The van der Waals surface area contributed by atoms with E-state index in [-0.39, 0.29) is 5.56 Å². The average molecular weight is 210 g/mol. The summed E-state index contributed by atoms with van der Waals surface area (Å²) in [5.74, 6) is -0.916. The summed E-state index contributed by atoms with van der Waals surface area (Å²) in [5.41, 5.74) is 0.399. The van der Waals surface area contributed by atoms with Gasteiger partial charge in [-0.1, -0.05) is 0 Å². The van der Waals surface area contributed by atoms with Crippen LogP contribution in [0.2, 0.25) is 0 Å². The maximum absolute atomic E-state index is 13.0. The quantitative estimate of drug-likeness (QED) is 0.666. The van der Waals surface area contributed by atoms with Gasteiger partial charge in [-0.2, -0.15) is 0 Å². The molecule has 0 saturated heterocycles. The monoisotopic (exact) mass is 210 g/mol. The molecule has 1 aromatic rings. The van der Waals surface area contributed by atoms with Crippen molar-refractivity contribution < 1.29 is 13.9 Å². The molecular formula is C12H15FO2. The highest BCUT2D eigenvalue weighted by molar-refractivity contribution is 5.89. The molecule has 0 atom stereocenters. The van der Waals surface area contributed by atoms with Crippen LogP contribution in [-0.2, 0) is 4.74 Å².